The van der Waals surface area contributed by atoms with Crippen LogP contribution in [-0.2, 0) is 11.2 Å². The largest absolute Gasteiger partial charge is 0.493 e. The fourth-order valence-corrected chi connectivity index (χ4v) is 2.32. The molecule has 3 heteroatoms. The molecule has 1 heterocycles. The van der Waals surface area contributed by atoms with Gasteiger partial charge < -0.3 is 14.6 Å². The quantitative estimate of drug-likeness (QED) is 0.853. The van der Waals surface area contributed by atoms with Crippen molar-refractivity contribution in [2.24, 2.45) is 0 Å². The summed E-state index contributed by atoms with van der Waals surface area (Å²) in [6, 6.07) is 5.96. The summed E-state index contributed by atoms with van der Waals surface area (Å²) < 4.78 is 11.2. The molecule has 94 valence electrons. The van der Waals surface area contributed by atoms with E-state index in [1.165, 1.54) is 5.56 Å². The zero-order valence-corrected chi connectivity index (χ0v) is 10.5. The van der Waals surface area contributed by atoms with E-state index >= 15 is 0 Å². The number of hydrogen-bond acceptors (Lipinski definition) is 3. The topological polar surface area (TPSA) is 38.7 Å². The molecule has 2 rings (SSSR count). The fourth-order valence-electron chi connectivity index (χ4n) is 2.32. The molecular formula is C14H20O3. The third-order valence-corrected chi connectivity index (χ3v) is 3.20. The molecule has 2 unspecified atom stereocenters. The highest BCUT2D eigenvalue weighted by molar-refractivity contribution is 5.45. The van der Waals surface area contributed by atoms with Gasteiger partial charge in [0.2, 0.25) is 0 Å². The Morgan fingerprint density at radius 3 is 2.94 bits per heavy atom. The molecule has 0 fully saturated rings. The zero-order valence-electron chi connectivity index (χ0n) is 10.5. The van der Waals surface area contributed by atoms with Crippen LogP contribution in [0.4, 0.5) is 0 Å². The lowest BCUT2D eigenvalue weighted by Crippen LogP contribution is -2.22. The number of fused-ring (bicyclic) bond motifs is 1. The smallest absolute Gasteiger partial charge is 0.128 e. The SMILES string of the molecule is CCOC(CC)C(O)c1cccc2c1OCC2. The molecule has 0 aromatic heterocycles. The maximum absolute atomic E-state index is 10.4. The molecule has 0 spiro atoms. The van der Waals surface area contributed by atoms with Crippen LogP contribution in [0.1, 0.15) is 37.5 Å². The van der Waals surface area contributed by atoms with Crippen LogP contribution >= 0.6 is 0 Å². The Balaban J connectivity index is 2.24. The lowest BCUT2D eigenvalue weighted by molar-refractivity contribution is -0.0363. The number of hydrogen-bond donors (Lipinski definition) is 1. The fraction of sp³-hybridized carbons (Fsp3) is 0.571. The Hall–Kier alpha value is -1.06. The molecule has 17 heavy (non-hydrogen) atoms. The molecule has 1 aliphatic rings. The first-order chi connectivity index (χ1) is 8.27. The molecular weight excluding hydrogens is 216 g/mol. The van der Waals surface area contributed by atoms with Gasteiger partial charge in [-0.05, 0) is 18.9 Å². The molecule has 0 saturated heterocycles. The van der Waals surface area contributed by atoms with E-state index in [0.29, 0.717) is 13.2 Å². The van der Waals surface area contributed by atoms with E-state index in [9.17, 15) is 5.11 Å². The zero-order chi connectivity index (χ0) is 12.3. The summed E-state index contributed by atoms with van der Waals surface area (Å²) in [5.74, 6) is 0.859. The Kier molecular flexibility index (Phi) is 4.02. The van der Waals surface area contributed by atoms with E-state index in [0.717, 1.165) is 24.2 Å². The highest BCUT2D eigenvalue weighted by atomic mass is 16.5. The molecule has 1 N–H and O–H groups in total. The number of ether oxygens (including phenoxy) is 2. The average molecular weight is 236 g/mol. The highest BCUT2D eigenvalue weighted by Gasteiger charge is 2.26. The second-order valence-corrected chi connectivity index (χ2v) is 4.28. The minimum Gasteiger partial charge on any atom is -0.493 e. The molecule has 2 atom stereocenters. The minimum absolute atomic E-state index is 0.157. The van der Waals surface area contributed by atoms with Gasteiger partial charge in [0, 0.05) is 18.6 Å². The first-order valence-corrected chi connectivity index (χ1v) is 6.32. The van der Waals surface area contributed by atoms with E-state index in [2.05, 4.69) is 6.07 Å². The van der Waals surface area contributed by atoms with Crippen LogP contribution in [0.5, 0.6) is 5.75 Å². The van der Waals surface area contributed by atoms with Crippen molar-refractivity contribution in [3.8, 4) is 5.75 Å². The lowest BCUT2D eigenvalue weighted by atomic mass is 9.99. The van der Waals surface area contributed by atoms with Gasteiger partial charge in [0.05, 0.1) is 12.7 Å². The lowest BCUT2D eigenvalue weighted by Gasteiger charge is -2.23. The van der Waals surface area contributed by atoms with Gasteiger partial charge in [-0.25, -0.2) is 0 Å². The van der Waals surface area contributed by atoms with Crippen molar-refractivity contribution >= 4 is 0 Å². The number of para-hydroxylation sites is 1. The second-order valence-electron chi connectivity index (χ2n) is 4.28. The highest BCUT2D eigenvalue weighted by Crippen LogP contribution is 2.35. The van der Waals surface area contributed by atoms with Crippen molar-refractivity contribution in [3.63, 3.8) is 0 Å². The van der Waals surface area contributed by atoms with Gasteiger partial charge in [-0.1, -0.05) is 25.1 Å². The van der Waals surface area contributed by atoms with Crippen molar-refractivity contribution in [3.05, 3.63) is 29.3 Å². The van der Waals surface area contributed by atoms with Crippen molar-refractivity contribution < 1.29 is 14.6 Å². The molecule has 1 aliphatic heterocycles. The van der Waals surface area contributed by atoms with Crippen molar-refractivity contribution in [2.75, 3.05) is 13.2 Å². The van der Waals surface area contributed by atoms with E-state index < -0.39 is 6.10 Å². The van der Waals surface area contributed by atoms with E-state index in [1.807, 2.05) is 26.0 Å². The van der Waals surface area contributed by atoms with Crippen LogP contribution in [0.25, 0.3) is 0 Å². The van der Waals surface area contributed by atoms with Crippen LogP contribution < -0.4 is 4.74 Å². The summed E-state index contributed by atoms with van der Waals surface area (Å²) in [7, 11) is 0. The molecule has 0 aliphatic carbocycles. The predicted molar refractivity (Wildman–Crippen MR) is 66.3 cm³/mol. The predicted octanol–water partition coefficient (Wildman–Crippen LogP) is 2.47. The summed E-state index contributed by atoms with van der Waals surface area (Å²) in [6.45, 7) is 5.30. The Morgan fingerprint density at radius 1 is 1.41 bits per heavy atom. The van der Waals surface area contributed by atoms with Gasteiger partial charge in [0.15, 0.2) is 0 Å². The monoisotopic (exact) mass is 236 g/mol. The van der Waals surface area contributed by atoms with Crippen molar-refractivity contribution in [2.45, 2.75) is 38.9 Å². The van der Waals surface area contributed by atoms with E-state index in [-0.39, 0.29) is 6.10 Å². The first-order valence-electron chi connectivity index (χ1n) is 6.32. The van der Waals surface area contributed by atoms with Crippen LogP contribution in [0.2, 0.25) is 0 Å². The number of benzene rings is 1. The van der Waals surface area contributed by atoms with Gasteiger partial charge in [0.1, 0.15) is 11.9 Å². The molecule has 1 aromatic rings. The van der Waals surface area contributed by atoms with Gasteiger partial charge in [0.25, 0.3) is 0 Å². The summed E-state index contributed by atoms with van der Waals surface area (Å²) >= 11 is 0. The second kappa shape index (κ2) is 5.52. The Morgan fingerprint density at radius 2 is 2.24 bits per heavy atom. The average Bonchev–Trinajstić information content (AvgIpc) is 2.83. The normalized spacial score (nSPS) is 17.4. The van der Waals surface area contributed by atoms with Crippen LogP contribution in [0, 0.1) is 0 Å². The Labute approximate surface area is 102 Å². The summed E-state index contributed by atoms with van der Waals surface area (Å²) in [4.78, 5) is 0. The van der Waals surface area contributed by atoms with E-state index in [1.54, 1.807) is 0 Å². The van der Waals surface area contributed by atoms with Gasteiger partial charge in [-0.15, -0.1) is 0 Å². The maximum atomic E-state index is 10.4. The maximum Gasteiger partial charge on any atom is 0.128 e. The van der Waals surface area contributed by atoms with Crippen LogP contribution in [0.3, 0.4) is 0 Å². The van der Waals surface area contributed by atoms with Gasteiger partial charge in [-0.2, -0.15) is 0 Å². The standard InChI is InChI=1S/C14H20O3/c1-3-12(16-4-2)13(15)11-7-5-6-10-8-9-17-14(10)11/h5-7,12-13,15H,3-4,8-9H2,1-2H3. The third-order valence-electron chi connectivity index (χ3n) is 3.20. The van der Waals surface area contributed by atoms with Crippen molar-refractivity contribution in [1.82, 2.24) is 0 Å². The third kappa shape index (κ3) is 2.45. The van der Waals surface area contributed by atoms with Crippen LogP contribution in [-0.4, -0.2) is 24.4 Å². The summed E-state index contributed by atoms with van der Waals surface area (Å²) in [6.07, 6.45) is 0.962. The number of aliphatic hydroxyl groups is 1. The summed E-state index contributed by atoms with van der Waals surface area (Å²) in [5.41, 5.74) is 2.05. The Bertz CT molecular complexity index is 376. The molecule has 0 saturated carbocycles. The number of rotatable bonds is 5. The molecule has 0 radical (unpaired) electrons. The number of aliphatic hydroxyl groups excluding tert-OH is 1. The van der Waals surface area contributed by atoms with E-state index in [4.69, 9.17) is 9.47 Å². The summed E-state index contributed by atoms with van der Waals surface area (Å²) in [5, 5.41) is 10.4. The van der Waals surface area contributed by atoms with Gasteiger partial charge in [-0.3, -0.25) is 0 Å². The van der Waals surface area contributed by atoms with Crippen LogP contribution in [0.15, 0.2) is 18.2 Å². The first kappa shape index (κ1) is 12.4. The van der Waals surface area contributed by atoms with Gasteiger partial charge >= 0.3 is 0 Å². The molecule has 0 bridgehead atoms. The molecule has 1 aromatic carbocycles. The molecule has 0 amide bonds. The minimum atomic E-state index is -0.604. The molecule has 3 nitrogen and oxygen atoms in total. The van der Waals surface area contributed by atoms with Crippen molar-refractivity contribution in [1.29, 1.82) is 0 Å².